The Morgan fingerprint density at radius 1 is 1.29 bits per heavy atom. The monoisotopic (exact) mass is 237 g/mol. The van der Waals surface area contributed by atoms with Crippen LogP contribution in [0.1, 0.15) is 31.9 Å². The Kier molecular flexibility index (Phi) is 5.45. The molecule has 1 aromatic carbocycles. The molecule has 0 bridgehead atoms. The fraction of sp³-hybridized carbons (Fsp3) is 0.571. The fourth-order valence-electron chi connectivity index (χ4n) is 1.76. The lowest BCUT2D eigenvalue weighted by Gasteiger charge is -2.27. The largest absolute Gasteiger partial charge is 0.497 e. The van der Waals surface area contributed by atoms with Crippen LogP contribution in [0.5, 0.6) is 5.75 Å². The second kappa shape index (κ2) is 6.62. The van der Waals surface area contributed by atoms with E-state index in [2.05, 4.69) is 24.0 Å². The molecule has 3 heteroatoms. The molecule has 1 aromatic rings. The number of likely N-dealkylation sites (N-methyl/N-ethyl adjacent to an activating group) is 1. The average Bonchev–Trinajstić information content (AvgIpc) is 2.37. The fourth-order valence-corrected chi connectivity index (χ4v) is 1.76. The summed E-state index contributed by atoms with van der Waals surface area (Å²) in [6.07, 6.45) is 0.542. The van der Waals surface area contributed by atoms with Gasteiger partial charge in [0.2, 0.25) is 0 Å². The summed E-state index contributed by atoms with van der Waals surface area (Å²) in [5.74, 6) is 0.872. The number of methoxy groups -OCH3 is 1. The molecule has 0 aliphatic heterocycles. The van der Waals surface area contributed by atoms with Crippen molar-refractivity contribution in [2.45, 2.75) is 32.4 Å². The lowest BCUT2D eigenvalue weighted by molar-refractivity contribution is 0.105. The molecule has 0 saturated heterocycles. The van der Waals surface area contributed by atoms with Crippen molar-refractivity contribution in [2.75, 3.05) is 20.7 Å². The number of aliphatic hydroxyl groups is 1. The van der Waals surface area contributed by atoms with Gasteiger partial charge < -0.3 is 9.84 Å². The molecule has 3 nitrogen and oxygen atoms in total. The summed E-state index contributed by atoms with van der Waals surface area (Å²) < 4.78 is 5.14. The summed E-state index contributed by atoms with van der Waals surface area (Å²) in [5, 5.41) is 9.64. The first-order chi connectivity index (χ1) is 8.08. The van der Waals surface area contributed by atoms with Crippen LogP contribution in [0.25, 0.3) is 0 Å². The minimum atomic E-state index is -0.249. The molecule has 1 unspecified atom stereocenters. The molecule has 0 aliphatic rings. The van der Waals surface area contributed by atoms with E-state index in [1.807, 2.05) is 26.1 Å². The topological polar surface area (TPSA) is 32.7 Å². The van der Waals surface area contributed by atoms with Crippen molar-refractivity contribution < 1.29 is 9.84 Å². The van der Waals surface area contributed by atoms with E-state index in [4.69, 9.17) is 4.74 Å². The molecule has 0 spiro atoms. The molecule has 0 radical (unpaired) electrons. The lowest BCUT2D eigenvalue weighted by atomic mass is 10.1. The van der Waals surface area contributed by atoms with Gasteiger partial charge in [-0.15, -0.1) is 0 Å². The van der Waals surface area contributed by atoms with Gasteiger partial charge in [0.15, 0.2) is 0 Å². The van der Waals surface area contributed by atoms with E-state index in [9.17, 15) is 5.11 Å². The molecule has 0 aliphatic carbocycles. The molecule has 0 saturated carbocycles. The van der Waals surface area contributed by atoms with Gasteiger partial charge in [-0.25, -0.2) is 0 Å². The molecule has 0 aromatic heterocycles. The standard InChI is InChI=1S/C14H23NO2/c1-5-13(16)10-15(3)11(2)12-6-8-14(17-4)9-7-12/h6-9,11,13,16H,5,10H2,1-4H3/t11?,13-/m1/s1. The van der Waals surface area contributed by atoms with Crippen molar-refractivity contribution in [1.82, 2.24) is 4.90 Å². The maximum atomic E-state index is 9.64. The van der Waals surface area contributed by atoms with Crippen LogP contribution in [0.15, 0.2) is 24.3 Å². The number of ether oxygens (including phenoxy) is 1. The molecule has 17 heavy (non-hydrogen) atoms. The van der Waals surface area contributed by atoms with Crippen molar-refractivity contribution in [2.24, 2.45) is 0 Å². The molecule has 1 N–H and O–H groups in total. The zero-order valence-corrected chi connectivity index (χ0v) is 11.2. The summed E-state index contributed by atoms with van der Waals surface area (Å²) in [6, 6.07) is 8.37. The predicted molar refractivity (Wildman–Crippen MR) is 70.3 cm³/mol. The van der Waals surface area contributed by atoms with E-state index >= 15 is 0 Å². The molecular formula is C14H23NO2. The third-order valence-electron chi connectivity index (χ3n) is 3.23. The van der Waals surface area contributed by atoms with E-state index in [0.717, 1.165) is 12.2 Å². The maximum Gasteiger partial charge on any atom is 0.118 e. The molecule has 0 amide bonds. The van der Waals surface area contributed by atoms with Gasteiger partial charge in [0.05, 0.1) is 13.2 Å². The highest BCUT2D eigenvalue weighted by atomic mass is 16.5. The van der Waals surface area contributed by atoms with Gasteiger partial charge in [-0.1, -0.05) is 19.1 Å². The third kappa shape index (κ3) is 4.02. The average molecular weight is 237 g/mol. The second-order valence-corrected chi connectivity index (χ2v) is 4.45. The highest BCUT2D eigenvalue weighted by Gasteiger charge is 2.14. The van der Waals surface area contributed by atoms with Crippen molar-refractivity contribution >= 4 is 0 Å². The van der Waals surface area contributed by atoms with Crippen LogP contribution in [0.3, 0.4) is 0 Å². The Bertz CT molecular complexity index is 323. The number of rotatable bonds is 6. The van der Waals surface area contributed by atoms with Crippen LogP contribution < -0.4 is 4.74 Å². The summed E-state index contributed by atoms with van der Waals surface area (Å²) in [7, 11) is 3.70. The zero-order chi connectivity index (χ0) is 12.8. The van der Waals surface area contributed by atoms with E-state index in [-0.39, 0.29) is 6.10 Å². The second-order valence-electron chi connectivity index (χ2n) is 4.45. The van der Waals surface area contributed by atoms with Gasteiger partial charge in [0.1, 0.15) is 5.75 Å². The SMILES string of the molecule is CC[C@@H](O)CN(C)C(C)c1ccc(OC)cc1. The van der Waals surface area contributed by atoms with E-state index in [0.29, 0.717) is 12.6 Å². The third-order valence-corrected chi connectivity index (χ3v) is 3.23. The van der Waals surface area contributed by atoms with Crippen LogP contribution >= 0.6 is 0 Å². The summed E-state index contributed by atoms with van der Waals surface area (Å²) >= 11 is 0. The predicted octanol–water partition coefficient (Wildman–Crippen LogP) is 2.46. The highest BCUT2D eigenvalue weighted by molar-refractivity contribution is 5.28. The minimum absolute atomic E-state index is 0.249. The van der Waals surface area contributed by atoms with Crippen LogP contribution in [0, 0.1) is 0 Å². The number of benzene rings is 1. The first kappa shape index (κ1) is 14.0. The van der Waals surface area contributed by atoms with Crippen LogP contribution in [0.4, 0.5) is 0 Å². The van der Waals surface area contributed by atoms with Crippen LogP contribution in [-0.2, 0) is 0 Å². The molecule has 96 valence electrons. The molecule has 0 heterocycles. The first-order valence-corrected chi connectivity index (χ1v) is 6.10. The van der Waals surface area contributed by atoms with Gasteiger partial charge in [-0.05, 0) is 38.1 Å². The molecule has 2 atom stereocenters. The Morgan fingerprint density at radius 3 is 2.35 bits per heavy atom. The van der Waals surface area contributed by atoms with Crippen molar-refractivity contribution in [3.8, 4) is 5.75 Å². The smallest absolute Gasteiger partial charge is 0.118 e. The Hall–Kier alpha value is -1.06. The molecular weight excluding hydrogens is 214 g/mol. The molecule has 0 fully saturated rings. The van der Waals surface area contributed by atoms with Crippen LogP contribution in [-0.4, -0.2) is 36.8 Å². The Labute approximate surface area is 104 Å². The highest BCUT2D eigenvalue weighted by Crippen LogP contribution is 2.21. The summed E-state index contributed by atoms with van der Waals surface area (Å²) in [4.78, 5) is 2.16. The number of nitrogens with zero attached hydrogens (tertiary/aromatic N) is 1. The van der Waals surface area contributed by atoms with E-state index in [1.165, 1.54) is 5.56 Å². The zero-order valence-electron chi connectivity index (χ0n) is 11.2. The molecule has 1 rings (SSSR count). The lowest BCUT2D eigenvalue weighted by Crippen LogP contribution is -2.30. The first-order valence-electron chi connectivity index (χ1n) is 6.10. The maximum absolute atomic E-state index is 9.64. The Morgan fingerprint density at radius 2 is 1.88 bits per heavy atom. The quantitative estimate of drug-likeness (QED) is 0.825. The summed E-state index contributed by atoms with van der Waals surface area (Å²) in [5.41, 5.74) is 1.23. The van der Waals surface area contributed by atoms with Gasteiger partial charge in [0, 0.05) is 12.6 Å². The normalized spacial score (nSPS) is 14.7. The number of aliphatic hydroxyl groups excluding tert-OH is 1. The van der Waals surface area contributed by atoms with Crippen molar-refractivity contribution in [3.63, 3.8) is 0 Å². The number of hydrogen-bond acceptors (Lipinski definition) is 3. The minimum Gasteiger partial charge on any atom is -0.497 e. The van der Waals surface area contributed by atoms with Gasteiger partial charge in [0.25, 0.3) is 0 Å². The van der Waals surface area contributed by atoms with Gasteiger partial charge >= 0.3 is 0 Å². The Balaban J connectivity index is 2.64. The van der Waals surface area contributed by atoms with Crippen molar-refractivity contribution in [1.29, 1.82) is 0 Å². The van der Waals surface area contributed by atoms with Gasteiger partial charge in [-0.2, -0.15) is 0 Å². The van der Waals surface area contributed by atoms with E-state index < -0.39 is 0 Å². The van der Waals surface area contributed by atoms with Crippen LogP contribution in [0.2, 0.25) is 0 Å². The number of hydrogen-bond donors (Lipinski definition) is 1. The van der Waals surface area contributed by atoms with E-state index in [1.54, 1.807) is 7.11 Å². The van der Waals surface area contributed by atoms with Crippen molar-refractivity contribution in [3.05, 3.63) is 29.8 Å². The van der Waals surface area contributed by atoms with Gasteiger partial charge in [-0.3, -0.25) is 4.90 Å². The summed E-state index contributed by atoms with van der Waals surface area (Å²) in [6.45, 7) is 4.84.